The van der Waals surface area contributed by atoms with Gasteiger partial charge in [-0.15, -0.1) is 0 Å². The number of hydrogen-bond acceptors (Lipinski definition) is 3. The van der Waals surface area contributed by atoms with Crippen molar-refractivity contribution in [1.29, 1.82) is 0 Å². The Balaban J connectivity index is 1.37. The fourth-order valence-corrected chi connectivity index (χ4v) is 5.01. The van der Waals surface area contributed by atoms with Gasteiger partial charge in [0.15, 0.2) is 0 Å². The Labute approximate surface area is 174 Å². The van der Waals surface area contributed by atoms with Crippen LogP contribution in [0.1, 0.15) is 50.1 Å². The topological polar surface area (TPSA) is 47.8 Å². The average molecular weight is 401 g/mol. The fraction of sp³-hybridized carbons (Fsp3) is 0.320. The third-order valence-corrected chi connectivity index (χ3v) is 6.76. The van der Waals surface area contributed by atoms with Gasteiger partial charge in [0.1, 0.15) is 5.82 Å². The van der Waals surface area contributed by atoms with Crippen molar-refractivity contribution in [3.05, 3.63) is 82.8 Å². The zero-order valence-electron chi connectivity index (χ0n) is 17.0. The molecule has 0 radical (unpaired) electrons. The first-order chi connectivity index (χ1) is 14.6. The van der Waals surface area contributed by atoms with Crippen LogP contribution in [0.15, 0.2) is 65.8 Å². The lowest BCUT2D eigenvalue weighted by Crippen LogP contribution is -2.30. The summed E-state index contributed by atoms with van der Waals surface area (Å²) in [6.45, 7) is 2.13. The van der Waals surface area contributed by atoms with Crippen molar-refractivity contribution in [2.75, 3.05) is 0 Å². The Morgan fingerprint density at radius 1 is 0.967 bits per heavy atom. The molecule has 1 fully saturated rings. The zero-order chi connectivity index (χ0) is 20.7. The highest BCUT2D eigenvalue weighted by Crippen LogP contribution is 2.41. The van der Waals surface area contributed by atoms with Crippen LogP contribution < -0.4 is 5.56 Å². The lowest BCUT2D eigenvalue weighted by Gasteiger charge is -2.33. The molecule has 4 aromatic rings. The van der Waals surface area contributed by atoms with Crippen LogP contribution in [0.5, 0.6) is 0 Å². The van der Waals surface area contributed by atoms with E-state index in [2.05, 4.69) is 16.9 Å². The maximum atomic E-state index is 13.8. The fourth-order valence-electron chi connectivity index (χ4n) is 5.01. The molecule has 0 unspecified atom stereocenters. The summed E-state index contributed by atoms with van der Waals surface area (Å²) in [6.07, 6.45) is 7.64. The minimum atomic E-state index is -0.220. The zero-order valence-corrected chi connectivity index (χ0v) is 17.0. The van der Waals surface area contributed by atoms with E-state index in [1.165, 1.54) is 11.6 Å². The monoisotopic (exact) mass is 401 g/mol. The van der Waals surface area contributed by atoms with Crippen LogP contribution in [0, 0.1) is 11.7 Å². The number of fused-ring (bicyclic) bond motifs is 2. The van der Waals surface area contributed by atoms with Crippen LogP contribution >= 0.6 is 0 Å². The highest BCUT2D eigenvalue weighted by atomic mass is 19.1. The maximum absolute atomic E-state index is 13.8. The van der Waals surface area contributed by atoms with Gasteiger partial charge in [-0.05, 0) is 86.4 Å². The molecule has 152 valence electrons. The molecule has 1 aliphatic rings. The predicted octanol–water partition coefficient (Wildman–Crippen LogP) is 5.62. The second-order valence-electron chi connectivity index (χ2n) is 8.39. The summed E-state index contributed by atoms with van der Waals surface area (Å²) in [4.78, 5) is 21.8. The van der Waals surface area contributed by atoms with Gasteiger partial charge in [-0.25, -0.2) is 9.37 Å². The number of pyridine rings is 1. The van der Waals surface area contributed by atoms with E-state index in [-0.39, 0.29) is 17.4 Å². The van der Waals surface area contributed by atoms with Gasteiger partial charge in [-0.2, -0.15) is 0 Å². The molecule has 1 saturated carbocycles. The molecule has 0 aliphatic heterocycles. The van der Waals surface area contributed by atoms with Crippen molar-refractivity contribution in [2.45, 2.75) is 44.6 Å². The van der Waals surface area contributed by atoms with Crippen molar-refractivity contribution in [3.63, 3.8) is 0 Å². The molecule has 4 nitrogen and oxygen atoms in total. The van der Waals surface area contributed by atoms with E-state index in [0.29, 0.717) is 17.2 Å². The van der Waals surface area contributed by atoms with Gasteiger partial charge in [-0.1, -0.05) is 12.1 Å². The molecule has 0 saturated heterocycles. The van der Waals surface area contributed by atoms with Crippen molar-refractivity contribution < 1.29 is 4.39 Å². The third-order valence-electron chi connectivity index (χ3n) is 6.76. The van der Waals surface area contributed by atoms with Crippen LogP contribution in [0.25, 0.3) is 21.8 Å². The first-order valence-electron chi connectivity index (χ1n) is 10.6. The van der Waals surface area contributed by atoms with E-state index in [4.69, 9.17) is 0 Å². The lowest BCUT2D eigenvalue weighted by atomic mass is 9.75. The molecule has 5 heteroatoms. The minimum absolute atomic E-state index is 0.0332. The van der Waals surface area contributed by atoms with Crippen LogP contribution in [0.4, 0.5) is 4.39 Å². The van der Waals surface area contributed by atoms with Crippen LogP contribution in [-0.2, 0) is 0 Å². The standard InChI is InChI=1S/C25H24FN3O/c1-16(29-15-28-23-5-3-2-4-21(23)25(29)30)17-6-8-18(9-7-17)20-12-13-27-24-11-10-19(26)14-22(20)24/h2-5,10-18H,6-9H2,1H3/t16-,17-,18+/m1/s1. The molecular formula is C25H24FN3O. The van der Waals surface area contributed by atoms with Crippen molar-refractivity contribution in [2.24, 2.45) is 5.92 Å². The van der Waals surface area contributed by atoms with Gasteiger partial charge < -0.3 is 0 Å². The quantitative estimate of drug-likeness (QED) is 0.448. The molecule has 0 bridgehead atoms. The number of halogens is 1. The molecule has 2 aromatic carbocycles. The number of rotatable bonds is 3. The second-order valence-corrected chi connectivity index (χ2v) is 8.39. The number of para-hydroxylation sites is 1. The van der Waals surface area contributed by atoms with Crippen molar-refractivity contribution >= 4 is 21.8 Å². The normalized spacial score (nSPS) is 20.5. The molecular weight excluding hydrogens is 377 g/mol. The summed E-state index contributed by atoms with van der Waals surface area (Å²) in [5.74, 6) is 0.598. The van der Waals surface area contributed by atoms with Crippen LogP contribution in [-0.4, -0.2) is 14.5 Å². The first kappa shape index (κ1) is 18.9. The van der Waals surface area contributed by atoms with E-state index in [1.807, 2.05) is 36.5 Å². The Morgan fingerprint density at radius 2 is 1.73 bits per heavy atom. The number of aromatic nitrogens is 3. The molecule has 1 atom stereocenters. The summed E-state index contributed by atoms with van der Waals surface area (Å²) in [5.41, 5.74) is 2.81. The average Bonchev–Trinajstić information content (AvgIpc) is 2.79. The molecule has 0 N–H and O–H groups in total. The predicted molar refractivity (Wildman–Crippen MR) is 117 cm³/mol. The Kier molecular flexibility index (Phi) is 4.81. The smallest absolute Gasteiger partial charge is 0.261 e. The summed E-state index contributed by atoms with van der Waals surface area (Å²) in [6, 6.07) is 14.5. The summed E-state index contributed by atoms with van der Waals surface area (Å²) < 4.78 is 15.6. The SMILES string of the molecule is C[C@H]([C@H]1CC[C@@H](c2ccnc3ccc(F)cc32)CC1)n1cnc2ccccc2c1=O. The van der Waals surface area contributed by atoms with Gasteiger partial charge >= 0.3 is 0 Å². The Bertz CT molecular complexity index is 1270. The molecule has 2 heterocycles. The molecule has 2 aromatic heterocycles. The molecule has 30 heavy (non-hydrogen) atoms. The second kappa shape index (κ2) is 7.63. The lowest BCUT2D eigenvalue weighted by molar-refractivity contribution is 0.243. The molecule has 0 amide bonds. The van der Waals surface area contributed by atoms with Crippen molar-refractivity contribution in [3.8, 4) is 0 Å². The van der Waals surface area contributed by atoms with E-state index >= 15 is 0 Å². The third kappa shape index (κ3) is 3.28. The number of hydrogen-bond donors (Lipinski definition) is 0. The van der Waals surface area contributed by atoms with Crippen LogP contribution in [0.3, 0.4) is 0 Å². The van der Waals surface area contributed by atoms with Gasteiger partial charge in [0, 0.05) is 17.6 Å². The number of benzene rings is 2. The van der Waals surface area contributed by atoms with Crippen molar-refractivity contribution in [1.82, 2.24) is 14.5 Å². The van der Waals surface area contributed by atoms with Gasteiger partial charge in [0.25, 0.3) is 5.56 Å². The van der Waals surface area contributed by atoms with E-state index in [9.17, 15) is 9.18 Å². The molecule has 1 aliphatic carbocycles. The summed E-state index contributed by atoms with van der Waals surface area (Å²) >= 11 is 0. The van der Waals surface area contributed by atoms with Gasteiger partial charge in [0.2, 0.25) is 0 Å². The van der Waals surface area contributed by atoms with Crippen LogP contribution in [0.2, 0.25) is 0 Å². The summed E-state index contributed by atoms with van der Waals surface area (Å²) in [5, 5.41) is 1.59. The summed E-state index contributed by atoms with van der Waals surface area (Å²) in [7, 11) is 0. The maximum Gasteiger partial charge on any atom is 0.261 e. The Morgan fingerprint density at radius 3 is 2.57 bits per heavy atom. The van der Waals surface area contributed by atoms with Gasteiger partial charge in [-0.3, -0.25) is 14.3 Å². The van der Waals surface area contributed by atoms with E-state index < -0.39 is 0 Å². The first-order valence-corrected chi connectivity index (χ1v) is 10.6. The Hall–Kier alpha value is -3.08. The minimum Gasteiger partial charge on any atom is -0.296 e. The molecule has 5 rings (SSSR count). The van der Waals surface area contributed by atoms with E-state index in [1.54, 1.807) is 23.0 Å². The molecule has 0 spiro atoms. The van der Waals surface area contributed by atoms with E-state index in [0.717, 1.165) is 42.1 Å². The highest BCUT2D eigenvalue weighted by Gasteiger charge is 2.28. The highest BCUT2D eigenvalue weighted by molar-refractivity contribution is 5.82. The largest absolute Gasteiger partial charge is 0.296 e. The number of nitrogens with zero attached hydrogens (tertiary/aromatic N) is 3. The van der Waals surface area contributed by atoms with Gasteiger partial charge in [0.05, 0.1) is 22.7 Å².